The molecule has 0 aliphatic heterocycles. The van der Waals surface area contributed by atoms with E-state index in [9.17, 15) is 13.5 Å². The first-order chi connectivity index (χ1) is 9.33. The summed E-state index contributed by atoms with van der Waals surface area (Å²) in [6.45, 7) is 2.98. The number of unbranched alkanes of at least 4 members (excludes halogenated alkanes) is 1. The Hall–Kier alpha value is -0.950. The average molecular weight is 300 g/mol. The summed E-state index contributed by atoms with van der Waals surface area (Å²) in [6, 6.07) is 6.39. The largest absolute Gasteiger partial charge is 0.389 e. The van der Waals surface area contributed by atoms with Crippen LogP contribution in [0.4, 0.5) is 0 Å². The third-order valence-electron chi connectivity index (χ3n) is 2.97. The van der Waals surface area contributed by atoms with Gasteiger partial charge in [-0.3, -0.25) is 0 Å². The van der Waals surface area contributed by atoms with Gasteiger partial charge in [0.15, 0.2) is 0 Å². The molecule has 6 heteroatoms. The molecule has 1 aromatic rings. The van der Waals surface area contributed by atoms with Crippen molar-refractivity contribution >= 4 is 10.0 Å². The molecule has 0 amide bonds. The summed E-state index contributed by atoms with van der Waals surface area (Å²) in [7, 11) is 0.492. The van der Waals surface area contributed by atoms with Crippen LogP contribution in [0.15, 0.2) is 29.2 Å². The number of aliphatic hydroxyl groups is 1. The number of nitrogens with one attached hydrogen (secondary N) is 1. The second-order valence-electron chi connectivity index (χ2n) is 5.16. The van der Waals surface area contributed by atoms with E-state index in [1.54, 1.807) is 19.1 Å². The van der Waals surface area contributed by atoms with Gasteiger partial charge in [-0.1, -0.05) is 12.1 Å². The highest BCUT2D eigenvalue weighted by Gasteiger charge is 2.14. The lowest BCUT2D eigenvalue weighted by Crippen LogP contribution is -2.25. The van der Waals surface area contributed by atoms with Gasteiger partial charge in [-0.05, 0) is 58.1 Å². The minimum absolute atomic E-state index is 0.198. The first-order valence-electron chi connectivity index (χ1n) is 6.75. The molecule has 0 aliphatic rings. The van der Waals surface area contributed by atoms with Crippen LogP contribution in [0, 0.1) is 0 Å². The van der Waals surface area contributed by atoms with Crippen LogP contribution in [0.2, 0.25) is 0 Å². The Kier molecular flexibility index (Phi) is 6.61. The first kappa shape index (κ1) is 17.1. The Morgan fingerprint density at radius 1 is 1.30 bits per heavy atom. The second kappa shape index (κ2) is 7.73. The van der Waals surface area contributed by atoms with Crippen LogP contribution in [0.25, 0.3) is 0 Å². The van der Waals surface area contributed by atoms with Crippen LogP contribution in [0.1, 0.15) is 31.4 Å². The van der Waals surface area contributed by atoms with Gasteiger partial charge in [-0.15, -0.1) is 0 Å². The molecule has 0 aliphatic carbocycles. The monoisotopic (exact) mass is 300 g/mol. The van der Waals surface area contributed by atoms with E-state index >= 15 is 0 Å². The normalized spacial score (nSPS) is 13.7. The van der Waals surface area contributed by atoms with E-state index in [4.69, 9.17) is 0 Å². The minimum Gasteiger partial charge on any atom is -0.389 e. The lowest BCUT2D eigenvalue weighted by molar-refractivity contribution is 0.199. The second-order valence-corrected chi connectivity index (χ2v) is 6.92. The Balaban J connectivity index is 2.58. The molecule has 0 aromatic heterocycles. The topological polar surface area (TPSA) is 69.6 Å². The van der Waals surface area contributed by atoms with Crippen LogP contribution in [-0.4, -0.2) is 45.6 Å². The van der Waals surface area contributed by atoms with Crippen molar-refractivity contribution in [1.82, 2.24) is 9.62 Å². The molecule has 114 valence electrons. The minimum atomic E-state index is -3.49. The lowest BCUT2D eigenvalue weighted by Gasteiger charge is -2.11. The number of aliphatic hydroxyl groups excluding tert-OH is 1. The van der Waals surface area contributed by atoms with E-state index in [0.717, 1.165) is 19.4 Å². The van der Waals surface area contributed by atoms with E-state index in [2.05, 4.69) is 9.62 Å². The summed E-state index contributed by atoms with van der Waals surface area (Å²) in [6.07, 6.45) is 1.07. The third kappa shape index (κ3) is 5.58. The van der Waals surface area contributed by atoms with Gasteiger partial charge in [0.05, 0.1) is 11.0 Å². The molecule has 0 saturated heterocycles. The molecule has 0 spiro atoms. The van der Waals surface area contributed by atoms with Gasteiger partial charge in [-0.25, -0.2) is 13.1 Å². The van der Waals surface area contributed by atoms with Gasteiger partial charge in [0.25, 0.3) is 0 Å². The van der Waals surface area contributed by atoms with E-state index in [1.165, 1.54) is 12.1 Å². The molecule has 0 radical (unpaired) electrons. The first-order valence-corrected chi connectivity index (χ1v) is 8.23. The van der Waals surface area contributed by atoms with Crippen molar-refractivity contribution in [2.75, 3.05) is 27.2 Å². The predicted molar refractivity (Wildman–Crippen MR) is 80.1 cm³/mol. The molecule has 0 saturated carbocycles. The van der Waals surface area contributed by atoms with Crippen molar-refractivity contribution in [3.63, 3.8) is 0 Å². The number of rotatable bonds is 8. The summed E-state index contributed by atoms with van der Waals surface area (Å²) in [4.78, 5) is 2.27. The van der Waals surface area contributed by atoms with Crippen LogP contribution < -0.4 is 4.72 Å². The van der Waals surface area contributed by atoms with Gasteiger partial charge in [0.1, 0.15) is 0 Å². The van der Waals surface area contributed by atoms with Crippen molar-refractivity contribution in [3.8, 4) is 0 Å². The predicted octanol–water partition coefficient (Wildman–Crippen LogP) is 1.36. The molecule has 0 heterocycles. The molecule has 20 heavy (non-hydrogen) atoms. The molecule has 1 rings (SSSR count). The van der Waals surface area contributed by atoms with Crippen molar-refractivity contribution in [1.29, 1.82) is 0 Å². The molecule has 1 aromatic carbocycles. The van der Waals surface area contributed by atoms with Gasteiger partial charge in [0, 0.05) is 6.54 Å². The summed E-state index contributed by atoms with van der Waals surface area (Å²) < 4.78 is 26.8. The van der Waals surface area contributed by atoms with Gasteiger partial charge < -0.3 is 10.0 Å². The zero-order chi connectivity index (χ0) is 15.2. The molecule has 0 bridgehead atoms. The van der Waals surface area contributed by atoms with Crippen LogP contribution in [-0.2, 0) is 10.0 Å². The highest BCUT2D eigenvalue weighted by molar-refractivity contribution is 7.89. The number of nitrogens with zero attached hydrogens (tertiary/aromatic N) is 1. The fourth-order valence-electron chi connectivity index (χ4n) is 1.78. The highest BCUT2D eigenvalue weighted by atomic mass is 32.2. The Morgan fingerprint density at radius 3 is 2.60 bits per heavy atom. The summed E-state index contributed by atoms with van der Waals surface area (Å²) >= 11 is 0. The van der Waals surface area contributed by atoms with E-state index < -0.39 is 16.1 Å². The smallest absolute Gasteiger partial charge is 0.240 e. The van der Waals surface area contributed by atoms with Crippen LogP contribution >= 0.6 is 0 Å². The SMILES string of the molecule is CC(O)c1cccc(S(=O)(=O)NCCCCN(C)C)c1. The fourth-order valence-corrected chi connectivity index (χ4v) is 2.91. The average Bonchev–Trinajstić information content (AvgIpc) is 2.38. The zero-order valence-electron chi connectivity index (χ0n) is 12.3. The van der Waals surface area contributed by atoms with Crippen molar-refractivity contribution in [2.45, 2.75) is 30.8 Å². The van der Waals surface area contributed by atoms with E-state index in [1.807, 2.05) is 14.1 Å². The maximum atomic E-state index is 12.1. The fraction of sp³-hybridized carbons (Fsp3) is 0.571. The molecule has 5 nitrogen and oxygen atoms in total. The molecular weight excluding hydrogens is 276 g/mol. The van der Waals surface area contributed by atoms with E-state index in [0.29, 0.717) is 12.1 Å². The lowest BCUT2D eigenvalue weighted by atomic mass is 10.1. The third-order valence-corrected chi connectivity index (χ3v) is 4.43. The maximum Gasteiger partial charge on any atom is 0.240 e. The number of benzene rings is 1. The number of sulfonamides is 1. The van der Waals surface area contributed by atoms with Crippen LogP contribution in [0.3, 0.4) is 0 Å². The number of hydrogen-bond acceptors (Lipinski definition) is 4. The molecular formula is C14H24N2O3S. The summed E-state index contributed by atoms with van der Waals surface area (Å²) in [5, 5.41) is 9.49. The summed E-state index contributed by atoms with van der Waals surface area (Å²) in [5.41, 5.74) is 0.598. The maximum absolute atomic E-state index is 12.1. The standard InChI is InChI=1S/C14H24N2O3S/c1-12(17)13-7-6-8-14(11-13)20(18,19)15-9-4-5-10-16(2)3/h6-8,11-12,15,17H,4-5,9-10H2,1-3H3. The zero-order valence-corrected chi connectivity index (χ0v) is 13.2. The molecule has 0 fully saturated rings. The molecule has 1 unspecified atom stereocenters. The van der Waals surface area contributed by atoms with Crippen LogP contribution in [0.5, 0.6) is 0 Å². The van der Waals surface area contributed by atoms with Gasteiger partial charge in [-0.2, -0.15) is 0 Å². The van der Waals surface area contributed by atoms with Gasteiger partial charge in [0.2, 0.25) is 10.0 Å². The Morgan fingerprint density at radius 2 is 2.00 bits per heavy atom. The van der Waals surface area contributed by atoms with Crippen molar-refractivity contribution < 1.29 is 13.5 Å². The molecule has 2 N–H and O–H groups in total. The number of hydrogen-bond donors (Lipinski definition) is 2. The quantitative estimate of drug-likeness (QED) is 0.711. The van der Waals surface area contributed by atoms with Crippen molar-refractivity contribution in [2.24, 2.45) is 0 Å². The van der Waals surface area contributed by atoms with Crippen molar-refractivity contribution in [3.05, 3.63) is 29.8 Å². The Bertz CT molecular complexity index is 513. The van der Waals surface area contributed by atoms with E-state index in [-0.39, 0.29) is 4.90 Å². The Labute approximate surface area is 121 Å². The highest BCUT2D eigenvalue weighted by Crippen LogP contribution is 2.17. The summed E-state index contributed by atoms with van der Waals surface area (Å²) in [5.74, 6) is 0. The molecule has 1 atom stereocenters. The van der Waals surface area contributed by atoms with Gasteiger partial charge >= 0.3 is 0 Å².